The Bertz CT molecular complexity index is 191. The van der Waals surface area contributed by atoms with E-state index in [9.17, 15) is 0 Å². The second kappa shape index (κ2) is 6.75. The molecule has 0 aromatic carbocycles. The molecule has 17 heavy (non-hydrogen) atoms. The van der Waals surface area contributed by atoms with E-state index < -0.39 is 0 Å². The fraction of sp³-hybridized carbons (Fsp3) is 1.00. The molecule has 0 radical (unpaired) electrons. The molecule has 1 aliphatic heterocycles. The van der Waals surface area contributed by atoms with Gasteiger partial charge in [-0.1, -0.05) is 34.6 Å². The molecule has 0 amide bonds. The van der Waals surface area contributed by atoms with Crippen molar-refractivity contribution in [2.45, 2.75) is 59.4 Å². The minimum Gasteiger partial charge on any atom is -0.316 e. The summed E-state index contributed by atoms with van der Waals surface area (Å²) >= 11 is 0. The Morgan fingerprint density at radius 2 is 1.35 bits per heavy atom. The fourth-order valence-electron chi connectivity index (χ4n) is 3.34. The molecule has 2 heteroatoms. The van der Waals surface area contributed by atoms with Gasteiger partial charge in [0.1, 0.15) is 0 Å². The molecule has 0 bridgehead atoms. The van der Waals surface area contributed by atoms with E-state index in [1.807, 2.05) is 0 Å². The van der Waals surface area contributed by atoms with Gasteiger partial charge in [-0.05, 0) is 44.2 Å². The second-order valence-corrected chi connectivity index (χ2v) is 6.06. The van der Waals surface area contributed by atoms with E-state index in [1.54, 1.807) is 0 Å². The lowest BCUT2D eigenvalue weighted by molar-refractivity contribution is 0.0391. The number of nitrogens with one attached hydrogen (secondary N) is 1. The van der Waals surface area contributed by atoms with E-state index in [0.29, 0.717) is 5.54 Å². The van der Waals surface area contributed by atoms with Crippen molar-refractivity contribution in [1.29, 1.82) is 0 Å². The minimum absolute atomic E-state index is 0.444. The molecule has 1 N–H and O–H groups in total. The van der Waals surface area contributed by atoms with Crippen LogP contribution in [-0.2, 0) is 0 Å². The molecule has 0 saturated carbocycles. The van der Waals surface area contributed by atoms with Crippen molar-refractivity contribution in [3.8, 4) is 0 Å². The van der Waals surface area contributed by atoms with Crippen LogP contribution in [0.2, 0.25) is 0 Å². The van der Waals surface area contributed by atoms with Crippen molar-refractivity contribution in [3.63, 3.8) is 0 Å². The molecule has 0 aliphatic carbocycles. The molecule has 1 aliphatic rings. The third-order valence-electron chi connectivity index (χ3n) is 4.69. The molecule has 0 aromatic rings. The van der Waals surface area contributed by atoms with E-state index in [0.717, 1.165) is 11.8 Å². The molecule has 2 nitrogen and oxygen atoms in total. The Balaban J connectivity index is 2.80. The first-order valence-electron chi connectivity index (χ1n) is 7.53. The van der Waals surface area contributed by atoms with Gasteiger partial charge in [0, 0.05) is 18.6 Å². The minimum atomic E-state index is 0.444. The zero-order valence-electron chi connectivity index (χ0n) is 12.6. The van der Waals surface area contributed by atoms with Crippen LogP contribution in [0.4, 0.5) is 0 Å². The number of nitrogens with zero attached hydrogens (tertiary/aromatic N) is 1. The summed E-state index contributed by atoms with van der Waals surface area (Å²) in [6.07, 6.45) is 3.85. The maximum atomic E-state index is 3.59. The van der Waals surface area contributed by atoms with Gasteiger partial charge in [-0.25, -0.2) is 0 Å². The lowest BCUT2D eigenvalue weighted by Gasteiger charge is -2.46. The van der Waals surface area contributed by atoms with E-state index in [4.69, 9.17) is 0 Å². The van der Waals surface area contributed by atoms with Crippen LogP contribution in [0.25, 0.3) is 0 Å². The molecule has 0 aromatic heterocycles. The smallest absolute Gasteiger partial charge is 0.0202 e. The zero-order valence-corrected chi connectivity index (χ0v) is 12.6. The molecule has 2 atom stereocenters. The quantitative estimate of drug-likeness (QED) is 0.812. The summed E-state index contributed by atoms with van der Waals surface area (Å²) in [7, 11) is 0. The van der Waals surface area contributed by atoms with Crippen LogP contribution in [0.3, 0.4) is 0 Å². The summed E-state index contributed by atoms with van der Waals surface area (Å²) in [4.78, 5) is 2.79. The number of hydrogen-bond donors (Lipinski definition) is 1. The molecule has 0 spiro atoms. The van der Waals surface area contributed by atoms with Crippen molar-refractivity contribution >= 4 is 0 Å². The molecular weight excluding hydrogens is 208 g/mol. The molecule has 1 heterocycles. The zero-order chi connectivity index (χ0) is 12.9. The van der Waals surface area contributed by atoms with Gasteiger partial charge >= 0.3 is 0 Å². The monoisotopic (exact) mass is 240 g/mol. The second-order valence-electron chi connectivity index (χ2n) is 6.06. The van der Waals surface area contributed by atoms with Crippen molar-refractivity contribution in [2.24, 2.45) is 11.8 Å². The van der Waals surface area contributed by atoms with Gasteiger partial charge in [-0.3, -0.25) is 4.90 Å². The summed E-state index contributed by atoms with van der Waals surface area (Å²) in [5.41, 5.74) is 0.444. The SMILES string of the molecule is CCC(CC)(CC)N1CC(C)CNCC(C)C1. The van der Waals surface area contributed by atoms with Crippen molar-refractivity contribution < 1.29 is 0 Å². The van der Waals surface area contributed by atoms with Crippen molar-refractivity contribution in [3.05, 3.63) is 0 Å². The van der Waals surface area contributed by atoms with E-state index >= 15 is 0 Å². The topological polar surface area (TPSA) is 15.3 Å². The van der Waals surface area contributed by atoms with Crippen molar-refractivity contribution in [1.82, 2.24) is 10.2 Å². The maximum Gasteiger partial charge on any atom is 0.0202 e. The van der Waals surface area contributed by atoms with Crippen LogP contribution < -0.4 is 5.32 Å². The van der Waals surface area contributed by atoms with Gasteiger partial charge in [0.15, 0.2) is 0 Å². The third-order valence-corrected chi connectivity index (χ3v) is 4.69. The first-order chi connectivity index (χ1) is 8.07. The van der Waals surface area contributed by atoms with Gasteiger partial charge < -0.3 is 5.32 Å². The predicted octanol–water partition coefficient (Wildman–Crippen LogP) is 3.13. The van der Waals surface area contributed by atoms with Gasteiger partial charge in [0.25, 0.3) is 0 Å². The standard InChI is InChI=1S/C15H32N2/c1-6-15(7-2,8-3)17-11-13(4)9-16-10-14(5)12-17/h13-14,16H,6-12H2,1-5H3. The average Bonchev–Trinajstić information content (AvgIpc) is 2.29. The van der Waals surface area contributed by atoms with Crippen LogP contribution in [0.15, 0.2) is 0 Å². The Labute approximate surface area is 108 Å². The highest BCUT2D eigenvalue weighted by atomic mass is 15.2. The first kappa shape index (κ1) is 15.0. The van der Waals surface area contributed by atoms with Crippen LogP contribution in [0.1, 0.15) is 53.9 Å². The van der Waals surface area contributed by atoms with Crippen LogP contribution in [0.5, 0.6) is 0 Å². The van der Waals surface area contributed by atoms with Crippen molar-refractivity contribution in [2.75, 3.05) is 26.2 Å². The summed E-state index contributed by atoms with van der Waals surface area (Å²) in [6.45, 7) is 16.7. The average molecular weight is 240 g/mol. The molecule has 1 fully saturated rings. The lowest BCUT2D eigenvalue weighted by atomic mass is 9.85. The molecule has 2 unspecified atom stereocenters. The Hall–Kier alpha value is -0.0800. The summed E-state index contributed by atoms with van der Waals surface area (Å²) in [5.74, 6) is 1.54. The molecule has 1 rings (SSSR count). The van der Waals surface area contributed by atoms with Gasteiger partial charge in [-0.2, -0.15) is 0 Å². The summed E-state index contributed by atoms with van der Waals surface area (Å²) < 4.78 is 0. The van der Waals surface area contributed by atoms with Gasteiger partial charge in [0.2, 0.25) is 0 Å². The van der Waals surface area contributed by atoms with E-state index in [1.165, 1.54) is 45.4 Å². The van der Waals surface area contributed by atoms with Gasteiger partial charge in [-0.15, -0.1) is 0 Å². The maximum absolute atomic E-state index is 3.59. The predicted molar refractivity (Wildman–Crippen MR) is 76.4 cm³/mol. The number of rotatable bonds is 4. The van der Waals surface area contributed by atoms with Gasteiger partial charge in [0.05, 0.1) is 0 Å². The highest BCUT2D eigenvalue weighted by molar-refractivity contribution is 4.90. The van der Waals surface area contributed by atoms with Crippen LogP contribution in [0, 0.1) is 11.8 Å². The highest BCUT2D eigenvalue weighted by Crippen LogP contribution is 2.30. The Kier molecular flexibility index (Phi) is 5.94. The Morgan fingerprint density at radius 3 is 1.71 bits per heavy atom. The fourth-order valence-corrected chi connectivity index (χ4v) is 3.34. The molecule has 102 valence electrons. The summed E-state index contributed by atoms with van der Waals surface area (Å²) in [6, 6.07) is 0. The largest absolute Gasteiger partial charge is 0.316 e. The third kappa shape index (κ3) is 3.69. The molecule has 1 saturated heterocycles. The molecular formula is C15H32N2. The van der Waals surface area contributed by atoms with E-state index in [2.05, 4.69) is 44.8 Å². The lowest BCUT2D eigenvalue weighted by Crippen LogP contribution is -2.54. The normalized spacial score (nSPS) is 28.8. The Morgan fingerprint density at radius 1 is 0.941 bits per heavy atom. The number of hydrogen-bond acceptors (Lipinski definition) is 2. The van der Waals surface area contributed by atoms with E-state index in [-0.39, 0.29) is 0 Å². The first-order valence-corrected chi connectivity index (χ1v) is 7.53. The highest BCUT2D eigenvalue weighted by Gasteiger charge is 2.33. The summed E-state index contributed by atoms with van der Waals surface area (Å²) in [5, 5.41) is 3.59. The van der Waals surface area contributed by atoms with Crippen LogP contribution >= 0.6 is 0 Å². The van der Waals surface area contributed by atoms with Crippen LogP contribution in [-0.4, -0.2) is 36.6 Å².